The highest BCUT2D eigenvalue weighted by molar-refractivity contribution is 7.80. The van der Waals surface area contributed by atoms with Crippen LogP contribution in [0.5, 0.6) is 0 Å². The molecule has 4 rings (SSSR count). The van der Waals surface area contributed by atoms with E-state index in [0.29, 0.717) is 12.1 Å². The number of fused-ring (bicyclic) bond motifs is 3. The molecule has 0 unspecified atom stereocenters. The maximum Gasteiger partial charge on any atom is 0.233 e. The van der Waals surface area contributed by atoms with Crippen molar-refractivity contribution in [3.63, 3.8) is 0 Å². The number of benzene rings is 1. The average Bonchev–Trinajstić information content (AvgIpc) is 3.10. The predicted molar refractivity (Wildman–Crippen MR) is 116 cm³/mol. The summed E-state index contributed by atoms with van der Waals surface area (Å²) >= 11 is 6.18. The van der Waals surface area contributed by atoms with Crippen LogP contribution in [0.4, 0.5) is 17.2 Å². The second-order valence-electron chi connectivity index (χ2n) is 6.35. The van der Waals surface area contributed by atoms with Crippen LogP contribution in [0.1, 0.15) is 23.3 Å². The number of hydrogen-bond donors (Lipinski definition) is 3. The van der Waals surface area contributed by atoms with E-state index in [1.54, 1.807) is 17.7 Å². The van der Waals surface area contributed by atoms with E-state index < -0.39 is 0 Å². The van der Waals surface area contributed by atoms with E-state index in [0.717, 1.165) is 32.7 Å². The number of amides is 1. The van der Waals surface area contributed by atoms with Crippen LogP contribution in [0.25, 0.3) is 10.2 Å². The second kappa shape index (κ2) is 9.22. The maximum atomic E-state index is 9.54. The van der Waals surface area contributed by atoms with Gasteiger partial charge in [-0.3, -0.25) is 9.63 Å². The van der Waals surface area contributed by atoms with E-state index in [-0.39, 0.29) is 0 Å². The van der Waals surface area contributed by atoms with E-state index in [4.69, 9.17) is 5.73 Å². The van der Waals surface area contributed by atoms with Crippen molar-refractivity contribution in [2.45, 2.75) is 30.6 Å². The van der Waals surface area contributed by atoms with Gasteiger partial charge in [0.2, 0.25) is 6.41 Å². The molecule has 28 heavy (non-hydrogen) atoms. The Bertz CT molecular complexity index is 976. The van der Waals surface area contributed by atoms with E-state index in [2.05, 4.69) is 32.8 Å². The maximum absolute atomic E-state index is 9.54. The van der Waals surface area contributed by atoms with E-state index in [1.807, 2.05) is 18.2 Å². The summed E-state index contributed by atoms with van der Waals surface area (Å²) in [5.74, 6) is 0.877. The van der Waals surface area contributed by atoms with E-state index >= 15 is 0 Å². The van der Waals surface area contributed by atoms with Gasteiger partial charge in [-0.1, -0.05) is 0 Å². The topological polar surface area (TPSA) is 93.4 Å². The van der Waals surface area contributed by atoms with Gasteiger partial charge in [0.15, 0.2) is 0 Å². The molecule has 3 N–H and O–H groups in total. The lowest BCUT2D eigenvalue weighted by molar-refractivity contribution is -0.153. The van der Waals surface area contributed by atoms with Gasteiger partial charge in [0, 0.05) is 28.2 Å². The largest absolute Gasteiger partial charge is 0.398 e. The minimum atomic E-state index is 0.583. The Morgan fingerprint density at radius 3 is 2.79 bits per heavy atom. The van der Waals surface area contributed by atoms with E-state index in [1.165, 1.54) is 49.2 Å². The Hall–Kier alpha value is -2.36. The zero-order valence-corrected chi connectivity index (χ0v) is 17.5. The van der Waals surface area contributed by atoms with Gasteiger partial charge in [0.1, 0.15) is 17.0 Å². The summed E-state index contributed by atoms with van der Waals surface area (Å²) in [5.41, 5.74) is 8.86. The van der Waals surface area contributed by atoms with Crippen molar-refractivity contribution in [1.29, 1.82) is 0 Å². The molecule has 1 aromatic carbocycles. The molecule has 1 aliphatic rings. The molecule has 9 heteroatoms. The first-order valence-electron chi connectivity index (χ1n) is 8.86. The molecule has 3 aromatic rings. The second-order valence-corrected chi connectivity index (χ2v) is 7.91. The normalized spacial score (nSPS) is 12.7. The highest BCUT2D eigenvalue weighted by Gasteiger charge is 2.19. The van der Waals surface area contributed by atoms with Gasteiger partial charge in [-0.05, 0) is 49.4 Å². The Morgan fingerprint density at radius 2 is 2.11 bits per heavy atom. The summed E-state index contributed by atoms with van der Waals surface area (Å²) in [6.07, 6.45) is 7.02. The number of thiophene rings is 1. The molecule has 2 heterocycles. The number of hydroxylamine groups is 2. The summed E-state index contributed by atoms with van der Waals surface area (Å²) in [4.78, 5) is 26.1. The fourth-order valence-corrected chi connectivity index (χ4v) is 4.43. The van der Waals surface area contributed by atoms with Gasteiger partial charge in [0.25, 0.3) is 0 Å². The van der Waals surface area contributed by atoms with Gasteiger partial charge in [0.05, 0.1) is 12.5 Å². The minimum Gasteiger partial charge on any atom is -0.398 e. The van der Waals surface area contributed by atoms with E-state index in [9.17, 15) is 4.79 Å². The average molecular weight is 418 g/mol. The monoisotopic (exact) mass is 417 g/mol. The standard InChI is InChI=1S/C16H16N4S2.C3H7NO2/c17-11-6-5-9(7-12(11)21)20-15-14-10-3-1-2-4-13(10)22-16(14)19-8-18-15;1-4(3-5)6-2/h5-8,21H,1-4,17H2,(H,18,19,20);3H,1-2H3. The molecule has 2 aromatic heterocycles. The molecule has 0 aliphatic heterocycles. The quantitative estimate of drug-likeness (QED) is 0.259. The number of nitrogens with one attached hydrogen (secondary N) is 1. The molecule has 0 atom stereocenters. The molecule has 7 nitrogen and oxygen atoms in total. The number of thiol groups is 1. The molecule has 0 bridgehead atoms. The minimum absolute atomic E-state index is 0.583. The van der Waals surface area contributed by atoms with Crippen LogP contribution >= 0.6 is 24.0 Å². The number of carbonyl (C=O) groups excluding carboxylic acids is 1. The number of rotatable bonds is 4. The predicted octanol–water partition coefficient (Wildman–Crippen LogP) is 3.82. The van der Waals surface area contributed by atoms with Crippen molar-refractivity contribution in [2.75, 3.05) is 25.2 Å². The van der Waals surface area contributed by atoms with Crippen LogP contribution in [0, 0.1) is 0 Å². The number of anilines is 3. The summed E-state index contributed by atoms with van der Waals surface area (Å²) < 4.78 is 0. The fraction of sp³-hybridized carbons (Fsp3) is 0.316. The smallest absolute Gasteiger partial charge is 0.233 e. The first-order valence-corrected chi connectivity index (χ1v) is 10.1. The van der Waals surface area contributed by atoms with Crippen molar-refractivity contribution < 1.29 is 9.63 Å². The van der Waals surface area contributed by atoms with Crippen LogP contribution in [0.2, 0.25) is 0 Å². The van der Waals surface area contributed by atoms with Crippen LogP contribution < -0.4 is 11.1 Å². The zero-order valence-electron chi connectivity index (χ0n) is 15.8. The van der Waals surface area contributed by atoms with Crippen molar-refractivity contribution in [1.82, 2.24) is 15.0 Å². The molecule has 0 fully saturated rings. The lowest BCUT2D eigenvalue weighted by Gasteiger charge is -2.13. The van der Waals surface area contributed by atoms with Crippen LogP contribution in [-0.4, -0.2) is 35.6 Å². The number of nitrogens with two attached hydrogens (primary N) is 1. The summed E-state index contributed by atoms with van der Waals surface area (Å²) in [6, 6.07) is 5.72. The lowest BCUT2D eigenvalue weighted by atomic mass is 9.97. The Morgan fingerprint density at radius 1 is 1.32 bits per heavy atom. The van der Waals surface area contributed by atoms with Gasteiger partial charge < -0.3 is 11.1 Å². The zero-order chi connectivity index (χ0) is 20.1. The van der Waals surface area contributed by atoms with Crippen molar-refractivity contribution in [2.24, 2.45) is 0 Å². The van der Waals surface area contributed by atoms with Crippen LogP contribution in [0.3, 0.4) is 0 Å². The Labute approximate surface area is 173 Å². The number of nitrogens with zero attached hydrogens (tertiary/aromatic N) is 3. The Kier molecular flexibility index (Phi) is 6.71. The van der Waals surface area contributed by atoms with Crippen LogP contribution in [-0.2, 0) is 22.5 Å². The number of aryl methyl sites for hydroxylation is 2. The third kappa shape index (κ3) is 4.54. The van der Waals surface area contributed by atoms with Gasteiger partial charge in [-0.2, -0.15) is 0 Å². The summed E-state index contributed by atoms with van der Waals surface area (Å²) in [7, 11) is 2.95. The molecule has 0 saturated carbocycles. The first kappa shape index (κ1) is 20.4. The number of aromatic nitrogens is 2. The highest BCUT2D eigenvalue weighted by Crippen LogP contribution is 2.39. The molecular formula is C19H23N5O2S2. The molecule has 0 spiro atoms. The molecule has 1 amide bonds. The Balaban J connectivity index is 0.000000330. The summed E-state index contributed by atoms with van der Waals surface area (Å²) in [6.45, 7) is 0. The first-order chi connectivity index (χ1) is 13.5. The van der Waals surface area contributed by atoms with Gasteiger partial charge >= 0.3 is 0 Å². The van der Waals surface area contributed by atoms with Gasteiger partial charge in [-0.25, -0.2) is 15.0 Å². The number of hydrogen-bond acceptors (Lipinski definition) is 8. The lowest BCUT2D eigenvalue weighted by Crippen LogP contribution is -2.12. The highest BCUT2D eigenvalue weighted by atomic mass is 32.1. The third-order valence-electron chi connectivity index (χ3n) is 4.48. The molecule has 148 valence electrons. The molecular weight excluding hydrogens is 394 g/mol. The SMILES string of the molecule is CON(C)C=O.Nc1ccc(Nc2ncnc3sc4c(c23)CCCC4)cc1S. The molecule has 0 radical (unpaired) electrons. The van der Waals surface area contributed by atoms with Crippen molar-refractivity contribution in [3.05, 3.63) is 35.0 Å². The number of carbonyl (C=O) groups is 1. The van der Waals surface area contributed by atoms with Crippen molar-refractivity contribution >= 4 is 57.8 Å². The number of nitrogen functional groups attached to an aromatic ring is 1. The fourth-order valence-electron chi connectivity index (χ4n) is 2.99. The molecule has 1 aliphatic carbocycles. The summed E-state index contributed by atoms with van der Waals surface area (Å²) in [5, 5.41) is 5.65. The molecule has 0 saturated heterocycles. The van der Waals surface area contributed by atoms with Gasteiger partial charge in [-0.15, -0.1) is 24.0 Å². The third-order valence-corrected chi connectivity index (χ3v) is 6.07. The van der Waals surface area contributed by atoms with Crippen LogP contribution in [0.15, 0.2) is 29.4 Å². The van der Waals surface area contributed by atoms with Crippen molar-refractivity contribution in [3.8, 4) is 0 Å².